The van der Waals surface area contributed by atoms with Gasteiger partial charge in [-0.2, -0.15) is 0 Å². The van der Waals surface area contributed by atoms with Gasteiger partial charge in [0, 0.05) is 23.7 Å². The molecule has 2 aromatic carbocycles. The molecule has 1 unspecified atom stereocenters. The second kappa shape index (κ2) is 6.42. The van der Waals surface area contributed by atoms with Crippen molar-refractivity contribution in [2.45, 2.75) is 26.1 Å². The first-order valence-electron chi connectivity index (χ1n) is 7.47. The summed E-state index contributed by atoms with van der Waals surface area (Å²) in [6.07, 6.45) is 0. The minimum atomic E-state index is -0.519. The second-order valence-corrected chi connectivity index (χ2v) is 6.05. The first-order chi connectivity index (χ1) is 11.1. The summed E-state index contributed by atoms with van der Waals surface area (Å²) in [4.78, 5) is 26.3. The van der Waals surface area contributed by atoms with Gasteiger partial charge in [-0.15, -0.1) is 0 Å². The van der Waals surface area contributed by atoms with Gasteiger partial charge >= 0.3 is 0 Å². The van der Waals surface area contributed by atoms with Crippen LogP contribution in [0.5, 0.6) is 0 Å². The van der Waals surface area contributed by atoms with E-state index >= 15 is 0 Å². The van der Waals surface area contributed by atoms with Crippen LogP contribution in [0, 0.1) is 0 Å². The Balaban J connectivity index is 1.63. The van der Waals surface area contributed by atoms with Gasteiger partial charge in [-0.1, -0.05) is 41.9 Å². The molecule has 0 aromatic heterocycles. The zero-order chi connectivity index (χ0) is 16.4. The molecule has 1 aliphatic heterocycles. The maximum atomic E-state index is 12.4. The molecular weight excluding hydrogens is 312 g/mol. The number of halogens is 1. The van der Waals surface area contributed by atoms with Gasteiger partial charge in [0.1, 0.15) is 6.04 Å². The van der Waals surface area contributed by atoms with Gasteiger partial charge < -0.3 is 10.2 Å². The van der Waals surface area contributed by atoms with E-state index in [1.165, 1.54) is 0 Å². The molecule has 1 atom stereocenters. The Morgan fingerprint density at radius 2 is 2.04 bits per heavy atom. The van der Waals surface area contributed by atoms with Crippen LogP contribution in [0.25, 0.3) is 0 Å². The van der Waals surface area contributed by atoms with Crippen molar-refractivity contribution >= 4 is 23.4 Å². The fourth-order valence-corrected chi connectivity index (χ4v) is 2.93. The molecule has 23 heavy (non-hydrogen) atoms. The van der Waals surface area contributed by atoms with Crippen LogP contribution in [-0.2, 0) is 17.9 Å². The fraction of sp³-hybridized carbons (Fsp3) is 0.222. The van der Waals surface area contributed by atoms with Gasteiger partial charge in [0.2, 0.25) is 5.91 Å². The Kier molecular flexibility index (Phi) is 4.35. The molecule has 1 aliphatic rings. The molecule has 0 aliphatic carbocycles. The average molecular weight is 329 g/mol. The molecular formula is C18H17ClN2O2. The fourth-order valence-electron chi connectivity index (χ4n) is 2.72. The van der Waals surface area contributed by atoms with Crippen LogP contribution in [0.4, 0.5) is 0 Å². The lowest BCUT2D eigenvalue weighted by molar-refractivity contribution is -0.125. The van der Waals surface area contributed by atoms with Crippen molar-refractivity contribution < 1.29 is 9.59 Å². The molecule has 2 aromatic rings. The van der Waals surface area contributed by atoms with Gasteiger partial charge in [0.25, 0.3) is 5.91 Å². The maximum Gasteiger partial charge on any atom is 0.255 e. The normalized spacial score (nSPS) is 14.5. The first kappa shape index (κ1) is 15.6. The monoisotopic (exact) mass is 328 g/mol. The molecule has 0 fully saturated rings. The number of benzene rings is 2. The summed E-state index contributed by atoms with van der Waals surface area (Å²) in [5.74, 6) is -0.267. The van der Waals surface area contributed by atoms with Crippen molar-refractivity contribution in [2.24, 2.45) is 0 Å². The van der Waals surface area contributed by atoms with Crippen molar-refractivity contribution in [3.8, 4) is 0 Å². The SMILES string of the molecule is CC(C(=O)NCc1cccc(Cl)c1)N1Cc2ccccc2C1=O. The number of amides is 2. The predicted octanol–water partition coefficient (Wildman–Crippen LogP) is 3.00. The van der Waals surface area contributed by atoms with E-state index in [2.05, 4.69) is 5.32 Å². The number of rotatable bonds is 4. The number of carbonyl (C=O) groups excluding carboxylic acids is 2. The molecule has 0 saturated carbocycles. The van der Waals surface area contributed by atoms with Crippen molar-refractivity contribution in [1.82, 2.24) is 10.2 Å². The van der Waals surface area contributed by atoms with E-state index in [9.17, 15) is 9.59 Å². The minimum absolute atomic E-state index is 0.0917. The summed E-state index contributed by atoms with van der Waals surface area (Å²) in [6, 6.07) is 14.3. The average Bonchev–Trinajstić information content (AvgIpc) is 2.89. The van der Waals surface area contributed by atoms with Crippen LogP contribution in [0.15, 0.2) is 48.5 Å². The van der Waals surface area contributed by atoms with Gasteiger partial charge in [-0.25, -0.2) is 0 Å². The van der Waals surface area contributed by atoms with E-state index in [1.807, 2.05) is 36.4 Å². The van der Waals surface area contributed by atoms with Crippen LogP contribution in [0.2, 0.25) is 5.02 Å². The molecule has 118 valence electrons. The van der Waals surface area contributed by atoms with Crippen molar-refractivity contribution in [1.29, 1.82) is 0 Å². The largest absolute Gasteiger partial charge is 0.350 e. The molecule has 1 heterocycles. The molecule has 2 amide bonds. The number of hydrogen-bond donors (Lipinski definition) is 1. The van der Waals surface area contributed by atoms with E-state index in [0.717, 1.165) is 11.1 Å². The molecule has 0 saturated heterocycles. The second-order valence-electron chi connectivity index (χ2n) is 5.61. The smallest absolute Gasteiger partial charge is 0.255 e. The summed E-state index contributed by atoms with van der Waals surface area (Å²) in [5.41, 5.74) is 2.57. The summed E-state index contributed by atoms with van der Waals surface area (Å²) < 4.78 is 0. The quantitative estimate of drug-likeness (QED) is 0.938. The number of fused-ring (bicyclic) bond motifs is 1. The Hall–Kier alpha value is -2.33. The predicted molar refractivity (Wildman–Crippen MR) is 89.1 cm³/mol. The highest BCUT2D eigenvalue weighted by Crippen LogP contribution is 2.24. The van der Waals surface area contributed by atoms with Gasteiger partial charge in [0.15, 0.2) is 0 Å². The summed E-state index contributed by atoms with van der Waals surface area (Å²) in [5, 5.41) is 3.49. The number of nitrogens with one attached hydrogen (secondary N) is 1. The van der Waals surface area contributed by atoms with E-state index in [0.29, 0.717) is 23.7 Å². The van der Waals surface area contributed by atoms with Crippen LogP contribution in [0.1, 0.15) is 28.4 Å². The number of hydrogen-bond acceptors (Lipinski definition) is 2. The molecule has 1 N–H and O–H groups in total. The molecule has 3 rings (SSSR count). The molecule has 0 spiro atoms. The van der Waals surface area contributed by atoms with E-state index in [4.69, 9.17) is 11.6 Å². The van der Waals surface area contributed by atoms with Crippen LogP contribution < -0.4 is 5.32 Å². The molecule has 0 radical (unpaired) electrons. The van der Waals surface area contributed by atoms with E-state index < -0.39 is 6.04 Å². The molecule has 5 heteroatoms. The Bertz CT molecular complexity index is 760. The van der Waals surface area contributed by atoms with Gasteiger partial charge in [-0.3, -0.25) is 9.59 Å². The zero-order valence-electron chi connectivity index (χ0n) is 12.8. The standard InChI is InChI=1S/C18H17ClN2O2/c1-12(17(22)20-10-13-5-4-7-15(19)9-13)21-11-14-6-2-3-8-16(14)18(21)23/h2-9,12H,10-11H2,1H3,(H,20,22). The van der Waals surface area contributed by atoms with Crippen LogP contribution in [-0.4, -0.2) is 22.8 Å². The third-order valence-electron chi connectivity index (χ3n) is 4.05. The third-order valence-corrected chi connectivity index (χ3v) is 4.29. The van der Waals surface area contributed by atoms with Crippen molar-refractivity contribution in [3.05, 3.63) is 70.2 Å². The summed E-state index contributed by atoms with van der Waals surface area (Å²) >= 11 is 5.93. The van der Waals surface area contributed by atoms with Gasteiger partial charge in [0.05, 0.1) is 0 Å². The van der Waals surface area contributed by atoms with Gasteiger partial charge in [-0.05, 0) is 36.2 Å². The highest BCUT2D eigenvalue weighted by Gasteiger charge is 2.33. The van der Waals surface area contributed by atoms with E-state index in [-0.39, 0.29) is 11.8 Å². The lowest BCUT2D eigenvalue weighted by Gasteiger charge is -2.23. The first-order valence-corrected chi connectivity index (χ1v) is 7.85. The minimum Gasteiger partial charge on any atom is -0.350 e. The van der Waals surface area contributed by atoms with E-state index in [1.54, 1.807) is 24.0 Å². The van der Waals surface area contributed by atoms with Crippen molar-refractivity contribution in [2.75, 3.05) is 0 Å². The summed E-state index contributed by atoms with van der Waals surface area (Å²) in [7, 11) is 0. The van der Waals surface area contributed by atoms with Crippen molar-refractivity contribution in [3.63, 3.8) is 0 Å². The summed E-state index contributed by atoms with van der Waals surface area (Å²) in [6.45, 7) is 2.61. The third kappa shape index (κ3) is 3.22. The lowest BCUT2D eigenvalue weighted by Crippen LogP contribution is -2.45. The Morgan fingerprint density at radius 3 is 2.78 bits per heavy atom. The highest BCUT2D eigenvalue weighted by atomic mass is 35.5. The van der Waals surface area contributed by atoms with Crippen LogP contribution in [0.3, 0.4) is 0 Å². The maximum absolute atomic E-state index is 12.4. The lowest BCUT2D eigenvalue weighted by atomic mass is 10.1. The zero-order valence-corrected chi connectivity index (χ0v) is 13.5. The number of nitrogens with zero attached hydrogens (tertiary/aromatic N) is 1. The molecule has 4 nitrogen and oxygen atoms in total. The number of carbonyl (C=O) groups is 2. The topological polar surface area (TPSA) is 49.4 Å². The Labute approximate surface area is 140 Å². The Morgan fingerprint density at radius 1 is 1.26 bits per heavy atom. The molecule has 0 bridgehead atoms. The van der Waals surface area contributed by atoms with Crippen LogP contribution >= 0.6 is 11.6 Å². The highest BCUT2D eigenvalue weighted by molar-refractivity contribution is 6.30.